The number of rotatable bonds is 0. The van der Waals surface area contributed by atoms with E-state index in [4.69, 9.17) is 0 Å². The third-order valence-electron chi connectivity index (χ3n) is 3.88. The van der Waals surface area contributed by atoms with Gasteiger partial charge in [-0.05, 0) is 43.6 Å². The molecule has 0 radical (unpaired) electrons. The minimum Gasteiger partial charge on any atom is -0.389 e. The molecule has 0 saturated heterocycles. The number of Topliss-reactive ketones (excluding diaryl/α,β-unsaturated/α-hetero) is 1. The zero-order valence-electron chi connectivity index (χ0n) is 8.97. The molecule has 2 rings (SSSR count). The molecule has 1 N–H and O–H groups in total. The lowest BCUT2D eigenvalue weighted by Crippen LogP contribution is -2.36. The fourth-order valence-electron chi connectivity index (χ4n) is 3.01. The largest absolute Gasteiger partial charge is 0.389 e. The van der Waals surface area contributed by atoms with Crippen molar-refractivity contribution in [2.45, 2.75) is 52.1 Å². The number of allylic oxidation sites excluding steroid dienone is 1. The van der Waals surface area contributed by atoms with Crippen molar-refractivity contribution in [3.63, 3.8) is 0 Å². The summed E-state index contributed by atoms with van der Waals surface area (Å²) in [6, 6.07) is 0. The van der Waals surface area contributed by atoms with Gasteiger partial charge in [-0.1, -0.05) is 6.92 Å². The fraction of sp³-hybridized carbons (Fsp3) is 0.750. The second-order valence-corrected chi connectivity index (χ2v) is 4.95. The molecule has 78 valence electrons. The fourth-order valence-corrected chi connectivity index (χ4v) is 3.01. The Bertz CT molecular complexity index is 303. The number of fused-ring (bicyclic) bond motifs is 1. The molecule has 0 aromatic carbocycles. The molecule has 2 aliphatic rings. The van der Waals surface area contributed by atoms with Gasteiger partial charge in [-0.25, -0.2) is 0 Å². The van der Waals surface area contributed by atoms with Gasteiger partial charge in [-0.15, -0.1) is 0 Å². The molecule has 0 bridgehead atoms. The van der Waals surface area contributed by atoms with Crippen LogP contribution in [0.15, 0.2) is 11.1 Å². The van der Waals surface area contributed by atoms with E-state index in [1.807, 2.05) is 6.92 Å². The van der Waals surface area contributed by atoms with Gasteiger partial charge in [0.2, 0.25) is 0 Å². The molecule has 2 heteroatoms. The predicted octanol–water partition coefficient (Wildman–Crippen LogP) is 2.22. The smallest absolute Gasteiger partial charge is 0.159 e. The third-order valence-corrected chi connectivity index (χ3v) is 3.88. The first kappa shape index (κ1) is 9.91. The van der Waals surface area contributed by atoms with Crippen LogP contribution in [-0.2, 0) is 4.79 Å². The minimum absolute atomic E-state index is 0.0681. The topological polar surface area (TPSA) is 37.3 Å². The second-order valence-electron chi connectivity index (χ2n) is 4.95. The first-order valence-corrected chi connectivity index (χ1v) is 5.47. The molecule has 0 aliphatic heterocycles. The van der Waals surface area contributed by atoms with Crippen molar-refractivity contribution in [3.8, 4) is 0 Å². The average Bonchev–Trinajstić information content (AvgIpc) is 2.12. The summed E-state index contributed by atoms with van der Waals surface area (Å²) >= 11 is 0. The van der Waals surface area contributed by atoms with E-state index in [2.05, 4.69) is 6.92 Å². The van der Waals surface area contributed by atoms with E-state index >= 15 is 0 Å². The van der Waals surface area contributed by atoms with E-state index in [1.54, 1.807) is 0 Å². The monoisotopic (exact) mass is 194 g/mol. The summed E-state index contributed by atoms with van der Waals surface area (Å²) in [7, 11) is 0. The molecular formula is C12H18O2. The Balaban J connectivity index is 2.47. The van der Waals surface area contributed by atoms with Crippen LogP contribution in [-0.4, -0.2) is 17.0 Å². The highest BCUT2D eigenvalue weighted by Gasteiger charge is 2.41. The summed E-state index contributed by atoms with van der Waals surface area (Å²) < 4.78 is 0. The minimum atomic E-state index is -0.375. The highest BCUT2D eigenvalue weighted by atomic mass is 16.3. The molecule has 0 spiro atoms. The molecule has 2 aliphatic carbocycles. The predicted molar refractivity (Wildman–Crippen MR) is 54.9 cm³/mol. The number of carbonyl (C=O) groups is 1. The highest BCUT2D eigenvalue weighted by molar-refractivity contribution is 5.98. The molecule has 14 heavy (non-hydrogen) atoms. The Morgan fingerprint density at radius 3 is 2.86 bits per heavy atom. The number of hydrogen-bond donors (Lipinski definition) is 1. The summed E-state index contributed by atoms with van der Waals surface area (Å²) in [5.41, 5.74) is 1.95. The van der Waals surface area contributed by atoms with Crippen LogP contribution in [0.1, 0.15) is 46.0 Å². The number of hydrogen-bond acceptors (Lipinski definition) is 2. The molecule has 0 aromatic rings. The summed E-state index contributed by atoms with van der Waals surface area (Å²) in [4.78, 5) is 11.8. The molecule has 2 atom stereocenters. The molecule has 2 nitrogen and oxygen atoms in total. The van der Waals surface area contributed by atoms with E-state index in [0.717, 1.165) is 36.8 Å². The van der Waals surface area contributed by atoms with Crippen LogP contribution in [0.2, 0.25) is 0 Å². The van der Waals surface area contributed by atoms with Gasteiger partial charge in [0.25, 0.3) is 0 Å². The average molecular weight is 194 g/mol. The van der Waals surface area contributed by atoms with E-state index in [9.17, 15) is 9.90 Å². The normalized spacial score (nSPS) is 38.5. The molecule has 1 saturated carbocycles. The highest BCUT2D eigenvalue weighted by Crippen LogP contribution is 2.47. The van der Waals surface area contributed by atoms with E-state index < -0.39 is 0 Å². The first-order chi connectivity index (χ1) is 6.54. The van der Waals surface area contributed by atoms with Gasteiger partial charge in [0.1, 0.15) is 0 Å². The Morgan fingerprint density at radius 2 is 2.14 bits per heavy atom. The van der Waals surface area contributed by atoms with Crippen LogP contribution in [0, 0.1) is 5.41 Å². The maximum absolute atomic E-state index is 11.8. The van der Waals surface area contributed by atoms with Crippen molar-refractivity contribution >= 4 is 5.78 Å². The molecule has 0 heterocycles. The van der Waals surface area contributed by atoms with Crippen LogP contribution in [0.3, 0.4) is 0 Å². The standard InChI is InChI=1S/C12H18O2/c1-8-9(13)5-7-12(2)6-3-4-10(14)11(8)12/h9,13H,3-7H2,1-2H3/t9-,12-/m0/s1. The Morgan fingerprint density at radius 1 is 1.43 bits per heavy atom. The van der Waals surface area contributed by atoms with Crippen molar-refractivity contribution in [2.24, 2.45) is 5.41 Å². The van der Waals surface area contributed by atoms with E-state index in [-0.39, 0.29) is 17.3 Å². The van der Waals surface area contributed by atoms with Crippen molar-refractivity contribution in [1.29, 1.82) is 0 Å². The van der Waals surface area contributed by atoms with Crippen molar-refractivity contribution in [1.82, 2.24) is 0 Å². The van der Waals surface area contributed by atoms with Crippen molar-refractivity contribution in [3.05, 3.63) is 11.1 Å². The lowest BCUT2D eigenvalue weighted by Gasteiger charge is -2.41. The van der Waals surface area contributed by atoms with E-state index in [0.29, 0.717) is 6.42 Å². The maximum Gasteiger partial charge on any atom is 0.159 e. The zero-order chi connectivity index (χ0) is 10.3. The Hall–Kier alpha value is -0.630. The zero-order valence-corrected chi connectivity index (χ0v) is 8.97. The Kier molecular flexibility index (Phi) is 2.26. The molecule has 1 fully saturated rings. The van der Waals surface area contributed by atoms with Crippen LogP contribution < -0.4 is 0 Å². The lowest BCUT2D eigenvalue weighted by molar-refractivity contribution is -0.118. The molecular weight excluding hydrogens is 176 g/mol. The van der Waals surface area contributed by atoms with E-state index in [1.165, 1.54) is 0 Å². The van der Waals surface area contributed by atoms with Crippen molar-refractivity contribution in [2.75, 3.05) is 0 Å². The van der Waals surface area contributed by atoms with Gasteiger partial charge >= 0.3 is 0 Å². The van der Waals surface area contributed by atoms with Gasteiger partial charge in [0.05, 0.1) is 6.10 Å². The third kappa shape index (κ3) is 1.33. The van der Waals surface area contributed by atoms with Gasteiger partial charge in [-0.2, -0.15) is 0 Å². The van der Waals surface area contributed by atoms with Crippen molar-refractivity contribution < 1.29 is 9.90 Å². The first-order valence-electron chi connectivity index (χ1n) is 5.47. The van der Waals surface area contributed by atoms with Gasteiger partial charge in [-0.3, -0.25) is 4.79 Å². The number of aliphatic hydroxyl groups is 1. The maximum atomic E-state index is 11.8. The lowest BCUT2D eigenvalue weighted by atomic mass is 9.63. The summed E-state index contributed by atoms with van der Waals surface area (Å²) in [5, 5.41) is 9.74. The van der Waals surface area contributed by atoms with Crippen LogP contribution >= 0.6 is 0 Å². The van der Waals surface area contributed by atoms with Gasteiger partial charge < -0.3 is 5.11 Å². The summed E-state index contributed by atoms with van der Waals surface area (Å²) in [6.07, 6.45) is 4.21. The van der Waals surface area contributed by atoms with Crippen LogP contribution in [0.5, 0.6) is 0 Å². The quantitative estimate of drug-likeness (QED) is 0.642. The SMILES string of the molecule is CC1=C2C(=O)CCC[C@@]2(C)CC[C@@H]1O. The summed E-state index contributed by atoms with van der Waals surface area (Å²) in [6.45, 7) is 4.09. The van der Waals surface area contributed by atoms with Crippen LogP contribution in [0.4, 0.5) is 0 Å². The number of aliphatic hydroxyl groups excluding tert-OH is 1. The van der Waals surface area contributed by atoms with Gasteiger partial charge in [0.15, 0.2) is 5.78 Å². The van der Waals surface area contributed by atoms with Crippen LogP contribution in [0.25, 0.3) is 0 Å². The molecule has 0 unspecified atom stereocenters. The number of carbonyl (C=O) groups excluding carboxylic acids is 1. The molecule has 0 amide bonds. The summed E-state index contributed by atoms with van der Waals surface area (Å²) in [5.74, 6) is 0.273. The van der Waals surface area contributed by atoms with Gasteiger partial charge in [0, 0.05) is 12.0 Å². The molecule has 0 aromatic heterocycles. The Labute approximate surface area is 85.0 Å². The second kappa shape index (κ2) is 3.20. The number of ketones is 1.